The molecule has 0 aromatic carbocycles. The number of rotatable bonds is 5. The maximum absolute atomic E-state index is 13.3. The Morgan fingerprint density at radius 3 is 2.50 bits per heavy atom. The second kappa shape index (κ2) is 8.49. The summed E-state index contributed by atoms with van der Waals surface area (Å²) in [5.74, 6) is 0.0674. The summed E-state index contributed by atoms with van der Waals surface area (Å²) in [6, 6.07) is 0.196. The molecule has 4 nitrogen and oxygen atoms in total. The smallest absolute Gasteiger partial charge is 0.308 e. The van der Waals surface area contributed by atoms with Crippen molar-refractivity contribution in [1.29, 1.82) is 0 Å². The third-order valence-electron chi connectivity index (χ3n) is 4.93. The number of hydrogen-bond acceptors (Lipinski definition) is 3. The van der Waals surface area contributed by atoms with Crippen LogP contribution in [0.1, 0.15) is 64.7 Å². The lowest BCUT2D eigenvalue weighted by Crippen LogP contribution is -2.38. The third-order valence-corrected chi connectivity index (χ3v) is 4.93. The standard InChI is InChI=1S/C17H28FNO3/c1-2-16(20)19-15-8-6-13(7-9-15)17(21)22-11-12-4-3-5-14(18)10-12/h12-15H,2-11H2,1H3,(H,19,20). The quantitative estimate of drug-likeness (QED) is 0.793. The topological polar surface area (TPSA) is 55.4 Å². The van der Waals surface area contributed by atoms with E-state index in [0.717, 1.165) is 38.5 Å². The van der Waals surface area contributed by atoms with Crippen molar-refractivity contribution in [1.82, 2.24) is 5.32 Å². The number of alkyl halides is 1. The molecule has 1 N–H and O–H groups in total. The molecule has 0 aliphatic heterocycles. The Hall–Kier alpha value is -1.13. The van der Waals surface area contributed by atoms with Gasteiger partial charge in [-0.3, -0.25) is 9.59 Å². The van der Waals surface area contributed by atoms with E-state index in [4.69, 9.17) is 4.74 Å². The summed E-state index contributed by atoms with van der Waals surface area (Å²) in [4.78, 5) is 23.5. The maximum atomic E-state index is 13.3. The highest BCUT2D eigenvalue weighted by atomic mass is 19.1. The van der Waals surface area contributed by atoms with E-state index in [1.54, 1.807) is 0 Å². The van der Waals surface area contributed by atoms with Gasteiger partial charge in [-0.25, -0.2) is 4.39 Å². The molecule has 0 aromatic rings. The van der Waals surface area contributed by atoms with Gasteiger partial charge >= 0.3 is 5.97 Å². The number of esters is 1. The van der Waals surface area contributed by atoms with Crippen molar-refractivity contribution in [2.45, 2.75) is 76.9 Å². The van der Waals surface area contributed by atoms with Crippen molar-refractivity contribution in [2.75, 3.05) is 6.61 Å². The lowest BCUT2D eigenvalue weighted by Gasteiger charge is -2.29. The molecule has 0 spiro atoms. The summed E-state index contributed by atoms with van der Waals surface area (Å²) in [5.41, 5.74) is 0. The zero-order valence-electron chi connectivity index (χ0n) is 13.5. The number of ether oxygens (including phenoxy) is 1. The summed E-state index contributed by atoms with van der Waals surface area (Å²) >= 11 is 0. The second-order valence-electron chi connectivity index (χ2n) is 6.73. The zero-order valence-corrected chi connectivity index (χ0v) is 13.5. The highest BCUT2D eigenvalue weighted by Crippen LogP contribution is 2.28. The van der Waals surface area contributed by atoms with Gasteiger partial charge in [-0.1, -0.05) is 13.3 Å². The van der Waals surface area contributed by atoms with E-state index >= 15 is 0 Å². The first-order chi connectivity index (χ1) is 10.6. The van der Waals surface area contributed by atoms with Crippen LogP contribution in [0.25, 0.3) is 0 Å². The molecule has 0 saturated heterocycles. The fourth-order valence-electron chi connectivity index (χ4n) is 3.50. The van der Waals surface area contributed by atoms with Gasteiger partial charge in [0.2, 0.25) is 5.91 Å². The normalized spacial score (nSPS) is 32.3. The zero-order chi connectivity index (χ0) is 15.9. The molecule has 22 heavy (non-hydrogen) atoms. The van der Waals surface area contributed by atoms with Crippen LogP contribution in [0.2, 0.25) is 0 Å². The van der Waals surface area contributed by atoms with Gasteiger partial charge in [0, 0.05) is 12.5 Å². The van der Waals surface area contributed by atoms with E-state index in [-0.39, 0.29) is 29.8 Å². The number of halogens is 1. The molecule has 2 unspecified atom stereocenters. The Labute approximate surface area is 132 Å². The lowest BCUT2D eigenvalue weighted by atomic mass is 9.85. The first-order valence-electron chi connectivity index (χ1n) is 8.68. The molecule has 2 rings (SSSR count). The highest BCUT2D eigenvalue weighted by molar-refractivity contribution is 5.76. The molecule has 0 bridgehead atoms. The minimum atomic E-state index is -0.727. The van der Waals surface area contributed by atoms with Crippen LogP contribution >= 0.6 is 0 Å². The van der Waals surface area contributed by atoms with Crippen LogP contribution in [0.4, 0.5) is 4.39 Å². The van der Waals surface area contributed by atoms with Crippen LogP contribution in [-0.2, 0) is 14.3 Å². The number of carbonyl (C=O) groups excluding carboxylic acids is 2. The van der Waals surface area contributed by atoms with E-state index in [1.165, 1.54) is 0 Å². The number of carbonyl (C=O) groups is 2. The minimum Gasteiger partial charge on any atom is -0.465 e. The number of hydrogen-bond donors (Lipinski definition) is 1. The van der Waals surface area contributed by atoms with Gasteiger partial charge in [-0.05, 0) is 50.9 Å². The number of nitrogens with one attached hydrogen (secondary N) is 1. The molecule has 2 aliphatic rings. The summed E-state index contributed by atoms with van der Waals surface area (Å²) in [5, 5.41) is 2.98. The monoisotopic (exact) mass is 313 g/mol. The number of amides is 1. The molecule has 0 radical (unpaired) electrons. The first-order valence-corrected chi connectivity index (χ1v) is 8.68. The molecule has 0 heterocycles. The van der Waals surface area contributed by atoms with E-state index in [0.29, 0.717) is 25.9 Å². The summed E-state index contributed by atoms with van der Waals surface area (Å²) in [6.07, 6.45) is 6.02. The summed E-state index contributed by atoms with van der Waals surface area (Å²) in [6.45, 7) is 2.21. The second-order valence-corrected chi connectivity index (χ2v) is 6.73. The predicted molar refractivity (Wildman–Crippen MR) is 82.0 cm³/mol. The maximum Gasteiger partial charge on any atom is 0.308 e. The van der Waals surface area contributed by atoms with Crippen LogP contribution in [0.15, 0.2) is 0 Å². The van der Waals surface area contributed by atoms with Crippen molar-refractivity contribution < 1.29 is 18.7 Å². The third kappa shape index (κ3) is 5.25. The molecule has 5 heteroatoms. The van der Waals surface area contributed by atoms with Gasteiger partial charge < -0.3 is 10.1 Å². The minimum absolute atomic E-state index is 0.0560. The van der Waals surface area contributed by atoms with Crippen molar-refractivity contribution >= 4 is 11.9 Å². The van der Waals surface area contributed by atoms with Crippen LogP contribution in [-0.4, -0.2) is 30.7 Å². The Bertz CT molecular complexity index is 380. The molecule has 1 amide bonds. The van der Waals surface area contributed by atoms with E-state index in [2.05, 4.69) is 5.32 Å². The SMILES string of the molecule is CCC(=O)NC1CCC(C(=O)OCC2CCCC(F)C2)CC1. The molecule has 2 atom stereocenters. The Kier molecular flexibility index (Phi) is 6.65. The fourth-order valence-corrected chi connectivity index (χ4v) is 3.50. The molecule has 126 valence electrons. The Balaban J connectivity index is 1.65. The van der Waals surface area contributed by atoms with Crippen molar-refractivity contribution in [3.05, 3.63) is 0 Å². The van der Waals surface area contributed by atoms with Crippen molar-refractivity contribution in [2.24, 2.45) is 11.8 Å². The van der Waals surface area contributed by atoms with E-state index < -0.39 is 6.17 Å². The lowest BCUT2D eigenvalue weighted by molar-refractivity contribution is -0.151. The Morgan fingerprint density at radius 1 is 1.14 bits per heavy atom. The van der Waals surface area contributed by atoms with Gasteiger partial charge in [0.1, 0.15) is 6.17 Å². The first kappa shape index (κ1) is 17.2. The molecular weight excluding hydrogens is 285 g/mol. The van der Waals surface area contributed by atoms with E-state index in [1.807, 2.05) is 6.92 Å². The van der Waals surface area contributed by atoms with Crippen LogP contribution in [0.3, 0.4) is 0 Å². The molecule has 2 saturated carbocycles. The predicted octanol–water partition coefficient (Wildman–Crippen LogP) is 3.14. The molecule has 0 aromatic heterocycles. The van der Waals surface area contributed by atoms with Gasteiger partial charge in [0.05, 0.1) is 12.5 Å². The van der Waals surface area contributed by atoms with Gasteiger partial charge in [-0.2, -0.15) is 0 Å². The average Bonchev–Trinajstić information content (AvgIpc) is 2.53. The van der Waals surface area contributed by atoms with Crippen molar-refractivity contribution in [3.63, 3.8) is 0 Å². The fraction of sp³-hybridized carbons (Fsp3) is 0.882. The highest BCUT2D eigenvalue weighted by Gasteiger charge is 2.29. The van der Waals surface area contributed by atoms with E-state index in [9.17, 15) is 14.0 Å². The van der Waals surface area contributed by atoms with Crippen LogP contribution in [0.5, 0.6) is 0 Å². The largest absolute Gasteiger partial charge is 0.465 e. The van der Waals surface area contributed by atoms with Crippen LogP contribution < -0.4 is 5.32 Å². The summed E-state index contributed by atoms with van der Waals surface area (Å²) < 4.78 is 18.7. The molecule has 2 fully saturated rings. The molecule has 2 aliphatic carbocycles. The van der Waals surface area contributed by atoms with Crippen molar-refractivity contribution in [3.8, 4) is 0 Å². The average molecular weight is 313 g/mol. The summed E-state index contributed by atoms with van der Waals surface area (Å²) in [7, 11) is 0. The van der Waals surface area contributed by atoms with Crippen LogP contribution in [0, 0.1) is 11.8 Å². The van der Waals surface area contributed by atoms with Gasteiger partial charge in [0.15, 0.2) is 0 Å². The van der Waals surface area contributed by atoms with Gasteiger partial charge in [0.25, 0.3) is 0 Å². The Morgan fingerprint density at radius 2 is 1.86 bits per heavy atom. The van der Waals surface area contributed by atoms with Gasteiger partial charge in [-0.15, -0.1) is 0 Å². The molecular formula is C17H28FNO3.